The number of ether oxygens (including phenoxy) is 2. The predicted octanol–water partition coefficient (Wildman–Crippen LogP) is 4.56. The van der Waals surface area contributed by atoms with Gasteiger partial charge in [0.2, 0.25) is 0 Å². The van der Waals surface area contributed by atoms with E-state index in [2.05, 4.69) is 53.7 Å². The molecule has 6 rings (SSSR count). The molecule has 9 heteroatoms. The molecule has 6 fully saturated rings. The molecular formula is C34H57BrN3O5+. The number of hydrogen-bond acceptors (Lipinski definition) is 7. The van der Waals surface area contributed by atoms with Crippen LogP contribution in [0.2, 0.25) is 0 Å². The third-order valence-corrected chi connectivity index (χ3v) is 14.5. The van der Waals surface area contributed by atoms with Crippen molar-refractivity contribution in [3.8, 4) is 0 Å². The number of nitrogens with zero attached hydrogens (tertiary/aromatic N) is 3. The second-order valence-corrected chi connectivity index (χ2v) is 18.0. The van der Waals surface area contributed by atoms with Gasteiger partial charge in [0.25, 0.3) is 0 Å². The zero-order chi connectivity index (χ0) is 31.0. The molecule has 43 heavy (non-hydrogen) atoms. The van der Waals surface area contributed by atoms with Crippen LogP contribution in [0.5, 0.6) is 0 Å². The number of alkyl halides is 1. The van der Waals surface area contributed by atoms with E-state index in [-0.39, 0.29) is 41.0 Å². The molecule has 0 spiro atoms. The average Bonchev–Trinajstić information content (AvgIpc) is 3.21. The minimum absolute atomic E-state index is 0.0218. The van der Waals surface area contributed by atoms with Crippen LogP contribution < -0.4 is 0 Å². The molecule has 8 nitrogen and oxygen atoms in total. The van der Waals surface area contributed by atoms with Gasteiger partial charge in [0.05, 0.1) is 32.8 Å². The van der Waals surface area contributed by atoms with Gasteiger partial charge in [-0.2, -0.15) is 0 Å². The number of carbonyl (C=O) groups is 2. The molecule has 2 heterocycles. The van der Waals surface area contributed by atoms with E-state index in [1.165, 1.54) is 26.2 Å². The molecule has 0 unspecified atom stereocenters. The summed E-state index contributed by atoms with van der Waals surface area (Å²) in [4.78, 5) is 30.0. The van der Waals surface area contributed by atoms with Gasteiger partial charge in [-0.15, -0.1) is 0 Å². The summed E-state index contributed by atoms with van der Waals surface area (Å²) >= 11 is 3.82. The maximum absolute atomic E-state index is 13.1. The molecule has 0 aromatic heterocycles. The van der Waals surface area contributed by atoms with E-state index in [0.29, 0.717) is 30.6 Å². The van der Waals surface area contributed by atoms with E-state index in [9.17, 15) is 14.7 Å². The van der Waals surface area contributed by atoms with Crippen molar-refractivity contribution in [2.24, 2.45) is 28.6 Å². The highest BCUT2D eigenvalue weighted by Gasteiger charge is 2.71. The lowest BCUT2D eigenvalue weighted by Gasteiger charge is -2.68. The lowest BCUT2D eigenvalue weighted by molar-refractivity contribution is -0.894. The topological polar surface area (TPSA) is 79.3 Å². The summed E-state index contributed by atoms with van der Waals surface area (Å²) in [6.07, 6.45) is 9.57. The number of piperazine rings is 1. The number of likely N-dealkylation sites (tertiary alicyclic amines) is 1. The van der Waals surface area contributed by atoms with Crippen LogP contribution in [0.4, 0.5) is 0 Å². The van der Waals surface area contributed by atoms with Crippen molar-refractivity contribution in [3.05, 3.63) is 0 Å². The zero-order valence-electron chi connectivity index (χ0n) is 27.6. The summed E-state index contributed by atoms with van der Waals surface area (Å²) in [5, 5.41) is 13.1. The first-order valence-electron chi connectivity index (χ1n) is 17.2. The van der Waals surface area contributed by atoms with Crippen LogP contribution in [0, 0.1) is 28.6 Å². The summed E-state index contributed by atoms with van der Waals surface area (Å²) in [5.74, 6) is 0.846. The minimum atomic E-state index is -0.958. The fourth-order valence-corrected chi connectivity index (χ4v) is 12.2. The Morgan fingerprint density at radius 3 is 2.19 bits per heavy atom. The Morgan fingerprint density at radius 1 is 0.884 bits per heavy atom. The third-order valence-electron chi connectivity index (χ3n) is 13.7. The molecule has 2 aliphatic heterocycles. The number of halogens is 1. The van der Waals surface area contributed by atoms with E-state index in [1.54, 1.807) is 6.92 Å². The monoisotopic (exact) mass is 666 g/mol. The summed E-state index contributed by atoms with van der Waals surface area (Å²) in [6, 6.07) is 0.277. The normalized spacial score (nSPS) is 48.5. The van der Waals surface area contributed by atoms with Crippen molar-refractivity contribution < 1.29 is 28.7 Å². The van der Waals surface area contributed by atoms with Crippen molar-refractivity contribution in [2.45, 2.75) is 120 Å². The van der Waals surface area contributed by atoms with Gasteiger partial charge >= 0.3 is 11.9 Å². The van der Waals surface area contributed by atoms with Crippen LogP contribution in [0.25, 0.3) is 0 Å². The zero-order valence-corrected chi connectivity index (χ0v) is 29.2. The molecule has 4 saturated carbocycles. The number of esters is 2. The number of hydrogen-bond donors (Lipinski definition) is 1. The third kappa shape index (κ3) is 5.43. The van der Waals surface area contributed by atoms with Crippen LogP contribution >= 0.6 is 15.9 Å². The second kappa shape index (κ2) is 11.2. The van der Waals surface area contributed by atoms with Gasteiger partial charge < -0.3 is 19.1 Å². The van der Waals surface area contributed by atoms with Crippen LogP contribution in [-0.4, -0.2) is 113 Å². The molecule has 1 N–H and O–H groups in total. The maximum Gasteiger partial charge on any atom is 0.304 e. The van der Waals surface area contributed by atoms with Crippen molar-refractivity contribution in [1.82, 2.24) is 9.80 Å². The van der Waals surface area contributed by atoms with Crippen molar-refractivity contribution in [3.63, 3.8) is 0 Å². The van der Waals surface area contributed by atoms with Gasteiger partial charge in [-0.25, -0.2) is 0 Å². The molecule has 244 valence electrons. The summed E-state index contributed by atoms with van der Waals surface area (Å²) in [7, 11) is 4.64. The Hall–Kier alpha value is -0.740. The molecule has 2 saturated heterocycles. The number of likely N-dealkylation sites (N-methyl/N-ethyl adjacent to an activating group) is 1. The molecule has 0 bridgehead atoms. The first-order chi connectivity index (χ1) is 20.1. The highest BCUT2D eigenvalue weighted by atomic mass is 79.9. The molecule has 4 aliphatic carbocycles. The lowest BCUT2D eigenvalue weighted by atomic mass is 9.42. The van der Waals surface area contributed by atoms with Gasteiger partial charge in [0.1, 0.15) is 6.10 Å². The van der Waals surface area contributed by atoms with E-state index < -0.39 is 10.1 Å². The number of quaternary nitrogens is 1. The van der Waals surface area contributed by atoms with Gasteiger partial charge in [0.15, 0.2) is 4.51 Å². The van der Waals surface area contributed by atoms with Crippen LogP contribution in [0.1, 0.15) is 91.9 Å². The van der Waals surface area contributed by atoms with Crippen molar-refractivity contribution >= 4 is 27.9 Å². The fourth-order valence-electron chi connectivity index (χ4n) is 11.3. The number of carbonyl (C=O) groups excluding carboxylic acids is 2. The summed E-state index contributed by atoms with van der Waals surface area (Å²) < 4.78 is 12.4. The Morgan fingerprint density at radius 2 is 1.56 bits per heavy atom. The van der Waals surface area contributed by atoms with Gasteiger partial charge in [-0.3, -0.25) is 19.4 Å². The second-order valence-electron chi connectivity index (χ2n) is 16.5. The van der Waals surface area contributed by atoms with E-state index in [0.717, 1.165) is 75.9 Å². The first kappa shape index (κ1) is 32.2. The maximum atomic E-state index is 13.1. The Labute approximate surface area is 267 Å². The van der Waals surface area contributed by atoms with Crippen LogP contribution in [-0.2, 0) is 19.1 Å². The SMILES string of the molecule is CC(=O)O[C@H]1[C@@H](N2CC[N+](C)(C)CC2)C[C@H]2[C@@H]3C[C@@H](N4CCCCC4)[C@@]4(O)C[C@@](Br)(OC(C)=O)CC[C@]4(C)[C@H]3CC[C@@]21C. The van der Waals surface area contributed by atoms with Gasteiger partial charge in [-0.05, 0) is 98.1 Å². The number of piperidine rings is 1. The Kier molecular flexibility index (Phi) is 8.39. The van der Waals surface area contributed by atoms with Crippen LogP contribution in [0.15, 0.2) is 0 Å². The average molecular weight is 668 g/mol. The molecule has 0 radical (unpaired) electrons. The molecule has 10 atom stereocenters. The van der Waals surface area contributed by atoms with E-state index in [1.807, 2.05) is 0 Å². The van der Waals surface area contributed by atoms with Crippen LogP contribution in [0.3, 0.4) is 0 Å². The molecule has 0 aromatic carbocycles. The Bertz CT molecular complexity index is 1090. The van der Waals surface area contributed by atoms with Crippen molar-refractivity contribution in [2.75, 3.05) is 53.4 Å². The molecule has 0 aromatic rings. The fraction of sp³-hybridized carbons (Fsp3) is 0.941. The largest absolute Gasteiger partial charge is 0.460 e. The highest BCUT2D eigenvalue weighted by Crippen LogP contribution is 2.70. The number of rotatable bonds is 4. The lowest BCUT2D eigenvalue weighted by Crippen LogP contribution is -2.73. The number of aliphatic hydroxyl groups is 1. The van der Waals surface area contributed by atoms with Gasteiger partial charge in [0, 0.05) is 56.3 Å². The Balaban J connectivity index is 1.36. The van der Waals surface area contributed by atoms with Crippen molar-refractivity contribution in [1.29, 1.82) is 0 Å². The summed E-state index contributed by atoms with van der Waals surface area (Å²) in [6.45, 7) is 14.2. The number of fused-ring (bicyclic) bond motifs is 5. The highest BCUT2D eigenvalue weighted by molar-refractivity contribution is 9.10. The van der Waals surface area contributed by atoms with Gasteiger partial charge in [-0.1, -0.05) is 20.3 Å². The molecular weight excluding hydrogens is 610 g/mol. The first-order valence-corrected chi connectivity index (χ1v) is 18.0. The minimum Gasteiger partial charge on any atom is -0.460 e. The smallest absolute Gasteiger partial charge is 0.304 e. The molecule has 0 amide bonds. The standard InChI is InChI=1S/C34H57BrN3O5/c1-23(39)42-30-28(36-16-18-38(5,6)19-17-36)21-27-25-20-29(37-14-8-7-9-15-37)34(41)22-33(35,43-24(2)40)13-12-32(34,4)26(25)10-11-31(27,30)3/h25-30,41H,7-22H2,1-6H3/q+1/t25-,26+,27+,28+,29-,30+,31+,32-,33+,34+/m1/s1. The molecule has 6 aliphatic rings. The summed E-state index contributed by atoms with van der Waals surface area (Å²) in [5.41, 5.74) is -1.30. The van der Waals surface area contributed by atoms with E-state index in [4.69, 9.17) is 9.47 Å². The van der Waals surface area contributed by atoms with E-state index >= 15 is 0 Å². The predicted molar refractivity (Wildman–Crippen MR) is 169 cm³/mol. The quantitative estimate of drug-likeness (QED) is 0.268.